The van der Waals surface area contributed by atoms with Gasteiger partial charge in [-0.25, -0.2) is 0 Å². The van der Waals surface area contributed by atoms with Crippen LogP contribution in [0.25, 0.3) is 49.3 Å². The molecule has 0 radical (unpaired) electrons. The summed E-state index contributed by atoms with van der Waals surface area (Å²) in [4.78, 5) is 3.57. The summed E-state index contributed by atoms with van der Waals surface area (Å²) in [5.74, 6) is 0. The van der Waals surface area contributed by atoms with E-state index in [2.05, 4.69) is 126 Å². The van der Waals surface area contributed by atoms with Crippen LogP contribution in [-0.4, -0.2) is 4.98 Å². The predicted molar refractivity (Wildman–Crippen MR) is 161 cm³/mol. The summed E-state index contributed by atoms with van der Waals surface area (Å²) >= 11 is 0. The average Bonchev–Trinajstić information content (AvgIpc) is 3.31. The first-order valence-corrected chi connectivity index (χ1v) is 12.6. The Kier molecular flexibility index (Phi) is 5.92. The van der Waals surface area contributed by atoms with Crippen molar-refractivity contribution in [1.82, 2.24) is 4.98 Å². The SMILES string of the molecule is C=C(/C=C\C=C/C)c1cc(-c2ccc3c(c2)[nH]c2ccccc23)ccc1Nc1ccc2ccccc2c1. The first-order chi connectivity index (χ1) is 18.2. The minimum Gasteiger partial charge on any atom is -0.355 e. The summed E-state index contributed by atoms with van der Waals surface area (Å²) in [6, 6.07) is 36.6. The number of rotatable bonds is 6. The van der Waals surface area contributed by atoms with Crippen molar-refractivity contribution in [2.75, 3.05) is 5.32 Å². The molecule has 1 aromatic heterocycles. The molecule has 2 heteroatoms. The van der Waals surface area contributed by atoms with E-state index in [-0.39, 0.29) is 0 Å². The van der Waals surface area contributed by atoms with Crippen molar-refractivity contribution in [2.24, 2.45) is 0 Å². The molecule has 5 aromatic carbocycles. The van der Waals surface area contributed by atoms with E-state index in [1.807, 2.05) is 25.2 Å². The van der Waals surface area contributed by atoms with Crippen LogP contribution in [0.2, 0.25) is 0 Å². The van der Waals surface area contributed by atoms with Crippen molar-refractivity contribution < 1.29 is 0 Å². The molecule has 37 heavy (non-hydrogen) atoms. The molecule has 6 rings (SSSR count). The monoisotopic (exact) mass is 476 g/mol. The molecule has 1 heterocycles. The lowest BCUT2D eigenvalue weighted by atomic mass is 9.96. The predicted octanol–water partition coefficient (Wildman–Crippen LogP) is 10.0. The topological polar surface area (TPSA) is 27.8 Å². The van der Waals surface area contributed by atoms with Crippen molar-refractivity contribution in [2.45, 2.75) is 6.92 Å². The summed E-state index contributed by atoms with van der Waals surface area (Å²) in [6.07, 6.45) is 8.14. The van der Waals surface area contributed by atoms with E-state index in [1.54, 1.807) is 0 Å². The number of anilines is 2. The standard InChI is InChI=1S/C35H28N2/c1-3-4-5-10-24(2)32-22-27(28-16-19-31-30-13-8-9-14-33(30)37-35(31)23-28)17-20-34(32)36-29-18-15-25-11-6-7-12-26(25)21-29/h3-23,36-37H,2H2,1H3/b4-3-,10-5-. The molecule has 6 aromatic rings. The number of hydrogen-bond acceptors (Lipinski definition) is 1. The van der Waals surface area contributed by atoms with Crippen LogP contribution in [0, 0.1) is 0 Å². The highest BCUT2D eigenvalue weighted by atomic mass is 14.9. The number of aromatic amines is 1. The van der Waals surface area contributed by atoms with Crippen LogP contribution in [0.1, 0.15) is 12.5 Å². The van der Waals surface area contributed by atoms with Crippen LogP contribution in [0.4, 0.5) is 11.4 Å². The molecule has 0 fully saturated rings. The molecule has 2 nitrogen and oxygen atoms in total. The quantitative estimate of drug-likeness (QED) is 0.230. The fraction of sp³-hybridized carbons (Fsp3) is 0.0286. The van der Waals surface area contributed by atoms with Crippen LogP contribution >= 0.6 is 0 Å². The number of hydrogen-bond donors (Lipinski definition) is 2. The van der Waals surface area contributed by atoms with E-state index in [0.29, 0.717) is 0 Å². The maximum absolute atomic E-state index is 4.40. The third-order valence-corrected chi connectivity index (χ3v) is 6.83. The lowest BCUT2D eigenvalue weighted by Gasteiger charge is -2.15. The van der Waals surface area contributed by atoms with Gasteiger partial charge in [-0.15, -0.1) is 0 Å². The molecule has 2 N–H and O–H groups in total. The lowest BCUT2D eigenvalue weighted by molar-refractivity contribution is 1.51. The minimum atomic E-state index is 0.954. The normalized spacial score (nSPS) is 11.8. The van der Waals surface area contributed by atoms with Crippen molar-refractivity contribution in [1.29, 1.82) is 0 Å². The van der Waals surface area contributed by atoms with Crippen LogP contribution in [0.3, 0.4) is 0 Å². The van der Waals surface area contributed by atoms with E-state index in [1.165, 1.54) is 27.1 Å². The second kappa shape index (κ2) is 9.67. The molecule has 0 bridgehead atoms. The molecule has 0 aliphatic rings. The van der Waals surface area contributed by atoms with Gasteiger partial charge in [-0.2, -0.15) is 0 Å². The van der Waals surface area contributed by atoms with Crippen molar-refractivity contribution >= 4 is 49.5 Å². The van der Waals surface area contributed by atoms with Gasteiger partial charge in [-0.3, -0.25) is 0 Å². The Bertz CT molecular complexity index is 1830. The zero-order valence-electron chi connectivity index (χ0n) is 20.8. The number of fused-ring (bicyclic) bond motifs is 4. The Hall–Kier alpha value is -4.82. The Balaban J connectivity index is 1.41. The van der Waals surface area contributed by atoms with Gasteiger partial charge in [0, 0.05) is 38.7 Å². The summed E-state index contributed by atoms with van der Waals surface area (Å²) in [7, 11) is 0. The van der Waals surface area contributed by atoms with Crippen LogP contribution in [0.15, 0.2) is 134 Å². The maximum atomic E-state index is 4.40. The fourth-order valence-electron chi connectivity index (χ4n) is 4.93. The zero-order chi connectivity index (χ0) is 25.2. The highest BCUT2D eigenvalue weighted by Gasteiger charge is 2.11. The number of H-pyrrole nitrogens is 1. The molecular weight excluding hydrogens is 448 g/mol. The van der Waals surface area contributed by atoms with Gasteiger partial charge >= 0.3 is 0 Å². The van der Waals surface area contributed by atoms with Gasteiger partial charge in [0.05, 0.1) is 0 Å². The smallest absolute Gasteiger partial charge is 0.0471 e. The Morgan fingerprint density at radius 3 is 2.35 bits per heavy atom. The van der Waals surface area contributed by atoms with Crippen molar-refractivity contribution in [3.05, 3.63) is 140 Å². The second-order valence-corrected chi connectivity index (χ2v) is 9.29. The summed E-state index contributed by atoms with van der Waals surface area (Å²) in [6.45, 7) is 6.41. The van der Waals surface area contributed by atoms with E-state index >= 15 is 0 Å². The number of allylic oxidation sites excluding steroid dienone is 5. The summed E-state index contributed by atoms with van der Waals surface area (Å²) < 4.78 is 0. The van der Waals surface area contributed by atoms with Crippen LogP contribution in [-0.2, 0) is 0 Å². The molecule has 0 spiro atoms. The number of benzene rings is 5. The zero-order valence-corrected chi connectivity index (χ0v) is 20.8. The van der Waals surface area contributed by atoms with E-state index in [4.69, 9.17) is 0 Å². The maximum Gasteiger partial charge on any atom is 0.0471 e. The fourth-order valence-corrected chi connectivity index (χ4v) is 4.93. The molecule has 0 aliphatic heterocycles. The molecule has 0 unspecified atom stereocenters. The molecule has 0 saturated heterocycles. The molecule has 0 amide bonds. The molecule has 0 aliphatic carbocycles. The summed E-state index contributed by atoms with van der Waals surface area (Å²) in [5.41, 5.74) is 8.73. The van der Waals surface area contributed by atoms with Gasteiger partial charge in [-0.05, 0) is 70.8 Å². The van der Waals surface area contributed by atoms with Gasteiger partial charge in [0.1, 0.15) is 0 Å². The molecule has 0 saturated carbocycles. The molecular formula is C35H28N2. The Morgan fingerprint density at radius 2 is 1.46 bits per heavy atom. The highest BCUT2D eigenvalue weighted by Crippen LogP contribution is 2.35. The minimum absolute atomic E-state index is 0.954. The Morgan fingerprint density at radius 1 is 0.703 bits per heavy atom. The van der Waals surface area contributed by atoms with Gasteiger partial charge < -0.3 is 10.3 Å². The largest absolute Gasteiger partial charge is 0.355 e. The summed E-state index contributed by atoms with van der Waals surface area (Å²) in [5, 5.41) is 8.58. The van der Waals surface area contributed by atoms with Crippen molar-refractivity contribution in [3.63, 3.8) is 0 Å². The number of para-hydroxylation sites is 1. The van der Waals surface area contributed by atoms with Gasteiger partial charge in [0.2, 0.25) is 0 Å². The first-order valence-electron chi connectivity index (χ1n) is 12.6. The highest BCUT2D eigenvalue weighted by molar-refractivity contribution is 6.08. The number of aromatic nitrogens is 1. The lowest BCUT2D eigenvalue weighted by Crippen LogP contribution is -1.96. The van der Waals surface area contributed by atoms with E-state index in [9.17, 15) is 0 Å². The van der Waals surface area contributed by atoms with Gasteiger partial charge in [-0.1, -0.05) is 97.6 Å². The van der Waals surface area contributed by atoms with Crippen LogP contribution in [0.5, 0.6) is 0 Å². The second-order valence-electron chi connectivity index (χ2n) is 9.29. The third kappa shape index (κ3) is 4.46. The average molecular weight is 477 g/mol. The molecule has 0 atom stereocenters. The molecule has 178 valence electrons. The first kappa shape index (κ1) is 22.6. The number of nitrogens with one attached hydrogen (secondary N) is 2. The third-order valence-electron chi connectivity index (χ3n) is 6.83. The van der Waals surface area contributed by atoms with Crippen LogP contribution < -0.4 is 5.32 Å². The Labute approximate surface area is 217 Å². The van der Waals surface area contributed by atoms with Gasteiger partial charge in [0.15, 0.2) is 0 Å². The van der Waals surface area contributed by atoms with Crippen molar-refractivity contribution in [3.8, 4) is 11.1 Å². The van der Waals surface area contributed by atoms with Gasteiger partial charge in [0.25, 0.3) is 0 Å². The van der Waals surface area contributed by atoms with E-state index < -0.39 is 0 Å². The van der Waals surface area contributed by atoms with E-state index in [0.717, 1.165) is 39.1 Å².